The van der Waals surface area contributed by atoms with Crippen LogP contribution in [0.2, 0.25) is 0 Å². The largest absolute Gasteiger partial charge is 0.351 e. The number of hydrogen-bond donors (Lipinski definition) is 1. The number of thioether (sulfide) groups is 1. The minimum atomic E-state index is 0.0546. The van der Waals surface area contributed by atoms with Crippen molar-refractivity contribution in [3.8, 4) is 5.69 Å². The van der Waals surface area contributed by atoms with Gasteiger partial charge in [0.2, 0.25) is 5.91 Å². The van der Waals surface area contributed by atoms with Crippen LogP contribution in [0.3, 0.4) is 0 Å². The normalized spacial score (nSPS) is 10.6. The summed E-state index contributed by atoms with van der Waals surface area (Å²) >= 11 is 1.64. The fraction of sp³-hybridized carbons (Fsp3) is 0.200. The van der Waals surface area contributed by atoms with Gasteiger partial charge in [0.05, 0.1) is 17.8 Å². The van der Waals surface area contributed by atoms with E-state index in [1.54, 1.807) is 24.3 Å². The predicted molar refractivity (Wildman–Crippen MR) is 103 cm³/mol. The van der Waals surface area contributed by atoms with E-state index in [-0.39, 0.29) is 5.91 Å². The predicted octanol–water partition coefficient (Wildman–Crippen LogP) is 3.73. The average Bonchev–Trinajstić information content (AvgIpc) is 3.16. The number of rotatable bonds is 7. The van der Waals surface area contributed by atoms with Crippen LogP contribution in [-0.4, -0.2) is 21.2 Å². The highest BCUT2D eigenvalue weighted by atomic mass is 32.2. The van der Waals surface area contributed by atoms with Crippen LogP contribution in [0.4, 0.5) is 0 Å². The molecule has 0 atom stereocenters. The zero-order chi connectivity index (χ0) is 17.5. The van der Waals surface area contributed by atoms with Gasteiger partial charge in [-0.25, -0.2) is 4.98 Å². The van der Waals surface area contributed by atoms with Crippen molar-refractivity contribution in [2.45, 2.75) is 19.2 Å². The van der Waals surface area contributed by atoms with Crippen LogP contribution in [0.25, 0.3) is 5.69 Å². The van der Waals surface area contributed by atoms with Crippen molar-refractivity contribution < 1.29 is 4.79 Å². The number of aromatic nitrogens is 2. The van der Waals surface area contributed by atoms with E-state index in [2.05, 4.69) is 29.4 Å². The molecule has 1 amide bonds. The highest BCUT2D eigenvalue weighted by molar-refractivity contribution is 7.99. The fourth-order valence-corrected chi connectivity index (χ4v) is 3.52. The van der Waals surface area contributed by atoms with Gasteiger partial charge in [-0.3, -0.25) is 4.79 Å². The first-order valence-electron chi connectivity index (χ1n) is 8.19. The Morgan fingerprint density at radius 3 is 2.64 bits per heavy atom. The minimum absolute atomic E-state index is 0.0546. The van der Waals surface area contributed by atoms with Gasteiger partial charge in [-0.05, 0) is 29.7 Å². The summed E-state index contributed by atoms with van der Waals surface area (Å²) < 4.78 is 1.95. The molecule has 0 bridgehead atoms. The van der Waals surface area contributed by atoms with E-state index in [9.17, 15) is 4.79 Å². The van der Waals surface area contributed by atoms with Crippen LogP contribution < -0.4 is 5.32 Å². The number of imidazole rings is 1. The summed E-state index contributed by atoms with van der Waals surface area (Å²) in [5, 5.41) is 3.01. The first-order chi connectivity index (χ1) is 12.2. The molecular weight excluding hydrogens is 330 g/mol. The Labute approximate surface area is 152 Å². The number of nitrogens with zero attached hydrogens (tertiary/aromatic N) is 2. The van der Waals surface area contributed by atoms with Gasteiger partial charge < -0.3 is 9.88 Å². The smallest absolute Gasteiger partial charge is 0.230 e. The first kappa shape index (κ1) is 17.3. The quantitative estimate of drug-likeness (QED) is 0.705. The SMILES string of the molecule is Cc1ccccc1CSCC(=O)NCc1ccccc1-n1ccnc1. The molecule has 0 aliphatic carbocycles. The third kappa shape index (κ3) is 4.73. The Hall–Kier alpha value is -2.53. The highest BCUT2D eigenvalue weighted by Gasteiger charge is 2.07. The minimum Gasteiger partial charge on any atom is -0.351 e. The summed E-state index contributed by atoms with van der Waals surface area (Å²) in [5.74, 6) is 1.37. The maximum Gasteiger partial charge on any atom is 0.230 e. The maximum absolute atomic E-state index is 12.1. The standard InChI is InChI=1S/C20H21N3OS/c1-16-6-2-3-8-18(16)13-25-14-20(24)22-12-17-7-4-5-9-19(17)23-11-10-21-15-23/h2-11,15H,12-14H2,1H3,(H,22,24). The van der Waals surface area contributed by atoms with Crippen LogP contribution in [0.5, 0.6) is 0 Å². The number of carbonyl (C=O) groups excluding carboxylic acids is 1. The Morgan fingerprint density at radius 1 is 1.12 bits per heavy atom. The molecule has 1 N–H and O–H groups in total. The Balaban J connectivity index is 1.51. The van der Waals surface area contributed by atoms with Gasteiger partial charge >= 0.3 is 0 Å². The van der Waals surface area contributed by atoms with Gasteiger partial charge in [-0.15, -0.1) is 11.8 Å². The second kappa shape index (κ2) is 8.53. The van der Waals surface area contributed by atoms with E-state index in [0.717, 1.165) is 17.0 Å². The molecular formula is C20H21N3OS. The van der Waals surface area contributed by atoms with Crippen molar-refractivity contribution in [3.05, 3.63) is 83.9 Å². The van der Waals surface area contributed by atoms with E-state index < -0.39 is 0 Å². The number of nitrogens with one attached hydrogen (secondary N) is 1. The Kier molecular flexibility index (Phi) is 5.90. The lowest BCUT2D eigenvalue weighted by Gasteiger charge is -2.11. The van der Waals surface area contributed by atoms with Crippen LogP contribution in [0.15, 0.2) is 67.3 Å². The molecule has 1 aromatic heterocycles. The van der Waals surface area contributed by atoms with Gasteiger partial charge in [0.25, 0.3) is 0 Å². The van der Waals surface area contributed by atoms with Crippen molar-refractivity contribution >= 4 is 17.7 Å². The van der Waals surface area contributed by atoms with Gasteiger partial charge in [-0.1, -0.05) is 42.5 Å². The van der Waals surface area contributed by atoms with E-state index in [1.165, 1.54) is 11.1 Å². The summed E-state index contributed by atoms with van der Waals surface area (Å²) in [6, 6.07) is 16.3. The van der Waals surface area contributed by atoms with E-state index in [0.29, 0.717) is 12.3 Å². The molecule has 0 radical (unpaired) electrons. The van der Waals surface area contributed by atoms with E-state index in [4.69, 9.17) is 0 Å². The summed E-state index contributed by atoms with van der Waals surface area (Å²) in [4.78, 5) is 16.2. The third-order valence-corrected chi connectivity index (χ3v) is 4.98. The lowest BCUT2D eigenvalue weighted by atomic mass is 10.1. The summed E-state index contributed by atoms with van der Waals surface area (Å²) in [6.07, 6.45) is 5.41. The molecule has 0 fully saturated rings. The summed E-state index contributed by atoms with van der Waals surface area (Å²) in [6.45, 7) is 2.61. The zero-order valence-electron chi connectivity index (χ0n) is 14.2. The number of amides is 1. The van der Waals surface area contributed by atoms with Crippen LogP contribution in [0.1, 0.15) is 16.7 Å². The topological polar surface area (TPSA) is 46.9 Å². The van der Waals surface area contributed by atoms with Crippen molar-refractivity contribution in [3.63, 3.8) is 0 Å². The molecule has 25 heavy (non-hydrogen) atoms. The molecule has 5 heteroatoms. The van der Waals surface area contributed by atoms with E-state index >= 15 is 0 Å². The van der Waals surface area contributed by atoms with Crippen LogP contribution in [0, 0.1) is 6.92 Å². The van der Waals surface area contributed by atoms with Crippen molar-refractivity contribution in [1.82, 2.24) is 14.9 Å². The molecule has 3 rings (SSSR count). The number of carbonyl (C=O) groups is 1. The second-order valence-electron chi connectivity index (χ2n) is 5.79. The highest BCUT2D eigenvalue weighted by Crippen LogP contribution is 2.16. The average molecular weight is 351 g/mol. The Bertz CT molecular complexity index is 830. The molecule has 0 saturated heterocycles. The first-order valence-corrected chi connectivity index (χ1v) is 9.34. The van der Waals surface area contributed by atoms with Crippen molar-refractivity contribution in [2.75, 3.05) is 5.75 Å². The molecule has 128 valence electrons. The monoisotopic (exact) mass is 351 g/mol. The van der Waals surface area contributed by atoms with Crippen molar-refractivity contribution in [1.29, 1.82) is 0 Å². The molecule has 2 aromatic carbocycles. The summed E-state index contributed by atoms with van der Waals surface area (Å²) in [7, 11) is 0. The lowest BCUT2D eigenvalue weighted by Crippen LogP contribution is -2.25. The van der Waals surface area contributed by atoms with Gasteiger partial charge in [0.1, 0.15) is 0 Å². The van der Waals surface area contributed by atoms with Crippen LogP contribution >= 0.6 is 11.8 Å². The molecule has 0 unspecified atom stereocenters. The van der Waals surface area contributed by atoms with E-state index in [1.807, 2.05) is 47.2 Å². The number of para-hydroxylation sites is 1. The Morgan fingerprint density at radius 2 is 1.88 bits per heavy atom. The van der Waals surface area contributed by atoms with Gasteiger partial charge in [-0.2, -0.15) is 0 Å². The molecule has 4 nitrogen and oxygen atoms in total. The molecule has 0 aliphatic rings. The molecule has 3 aromatic rings. The van der Waals surface area contributed by atoms with Gasteiger partial charge in [0, 0.05) is 24.7 Å². The summed E-state index contributed by atoms with van der Waals surface area (Å²) in [5.41, 5.74) is 4.65. The number of benzene rings is 2. The van der Waals surface area contributed by atoms with Crippen LogP contribution in [-0.2, 0) is 17.1 Å². The third-order valence-electron chi connectivity index (χ3n) is 4.00. The zero-order valence-corrected chi connectivity index (χ0v) is 15.0. The molecule has 0 spiro atoms. The maximum atomic E-state index is 12.1. The second-order valence-corrected chi connectivity index (χ2v) is 6.78. The lowest BCUT2D eigenvalue weighted by molar-refractivity contribution is -0.118. The molecule has 1 heterocycles. The fourth-order valence-electron chi connectivity index (χ4n) is 2.58. The number of aryl methyl sites for hydroxylation is 1. The van der Waals surface area contributed by atoms with Gasteiger partial charge in [0.15, 0.2) is 0 Å². The molecule has 0 aliphatic heterocycles. The molecule has 0 saturated carbocycles. The number of hydrogen-bond acceptors (Lipinski definition) is 3. The van der Waals surface area contributed by atoms with Crippen molar-refractivity contribution in [2.24, 2.45) is 0 Å².